The van der Waals surface area contributed by atoms with Crippen molar-refractivity contribution in [3.8, 4) is 0 Å². The van der Waals surface area contributed by atoms with Crippen molar-refractivity contribution in [1.29, 1.82) is 0 Å². The van der Waals surface area contributed by atoms with Crippen molar-refractivity contribution in [2.24, 2.45) is 0 Å². The Morgan fingerprint density at radius 3 is 2.50 bits per heavy atom. The van der Waals surface area contributed by atoms with Crippen LogP contribution in [0.5, 0.6) is 0 Å². The highest BCUT2D eigenvalue weighted by atomic mass is 32.2. The van der Waals surface area contributed by atoms with Gasteiger partial charge < -0.3 is 10.1 Å². The maximum atomic E-state index is 13.4. The zero-order valence-electron chi connectivity index (χ0n) is 10.3. The second kappa shape index (κ2) is 6.08. The SMILES string of the molecule is O=S(=O)(NCC1COCCN1)c1c(F)cc(F)cc1F. The van der Waals surface area contributed by atoms with E-state index in [9.17, 15) is 21.6 Å². The molecule has 1 fully saturated rings. The minimum absolute atomic E-state index is 0.0847. The quantitative estimate of drug-likeness (QED) is 0.843. The Morgan fingerprint density at radius 1 is 1.30 bits per heavy atom. The Morgan fingerprint density at radius 2 is 1.95 bits per heavy atom. The van der Waals surface area contributed by atoms with E-state index in [-0.39, 0.29) is 19.2 Å². The van der Waals surface area contributed by atoms with E-state index in [2.05, 4.69) is 10.0 Å². The molecule has 0 radical (unpaired) electrons. The van der Waals surface area contributed by atoms with Crippen LogP contribution in [0.4, 0.5) is 13.2 Å². The maximum Gasteiger partial charge on any atom is 0.246 e. The van der Waals surface area contributed by atoms with Crippen LogP contribution in [0.25, 0.3) is 0 Å². The minimum atomic E-state index is -4.40. The third-order valence-electron chi connectivity index (χ3n) is 2.75. The molecule has 0 aromatic heterocycles. The van der Waals surface area contributed by atoms with Crippen LogP contribution in [-0.4, -0.2) is 40.8 Å². The first kappa shape index (κ1) is 15.2. The molecular weight excluding hydrogens is 297 g/mol. The zero-order chi connectivity index (χ0) is 14.8. The molecule has 0 spiro atoms. The molecule has 1 unspecified atom stereocenters. The molecule has 5 nitrogen and oxygen atoms in total. The normalized spacial score (nSPS) is 20.1. The van der Waals surface area contributed by atoms with Gasteiger partial charge in [-0.3, -0.25) is 0 Å². The number of nitrogens with one attached hydrogen (secondary N) is 2. The van der Waals surface area contributed by atoms with E-state index >= 15 is 0 Å². The molecule has 1 aliphatic rings. The Labute approximate surface area is 114 Å². The van der Waals surface area contributed by atoms with E-state index in [0.29, 0.717) is 25.3 Å². The van der Waals surface area contributed by atoms with Crippen molar-refractivity contribution in [2.45, 2.75) is 10.9 Å². The van der Waals surface area contributed by atoms with Gasteiger partial charge in [-0.05, 0) is 0 Å². The molecule has 1 atom stereocenters. The topological polar surface area (TPSA) is 67.4 Å². The van der Waals surface area contributed by atoms with E-state index in [1.165, 1.54) is 0 Å². The first-order valence-corrected chi connectivity index (χ1v) is 7.34. The molecule has 0 saturated carbocycles. The minimum Gasteiger partial charge on any atom is -0.378 e. The fourth-order valence-electron chi connectivity index (χ4n) is 1.82. The molecule has 1 heterocycles. The molecule has 1 saturated heterocycles. The molecule has 20 heavy (non-hydrogen) atoms. The number of benzene rings is 1. The smallest absolute Gasteiger partial charge is 0.246 e. The predicted octanol–water partition coefficient (Wildman–Crippen LogP) is 0.371. The lowest BCUT2D eigenvalue weighted by molar-refractivity contribution is 0.0784. The molecule has 112 valence electrons. The summed E-state index contributed by atoms with van der Waals surface area (Å²) in [5, 5.41) is 2.98. The molecular formula is C11H13F3N2O3S. The zero-order valence-corrected chi connectivity index (χ0v) is 11.1. The van der Waals surface area contributed by atoms with Gasteiger partial charge in [-0.15, -0.1) is 0 Å². The average molecular weight is 310 g/mol. The first-order chi connectivity index (χ1) is 9.40. The van der Waals surface area contributed by atoms with E-state index < -0.39 is 32.4 Å². The molecule has 0 bridgehead atoms. The Kier molecular flexibility index (Phi) is 4.63. The van der Waals surface area contributed by atoms with E-state index in [0.717, 1.165) is 0 Å². The van der Waals surface area contributed by atoms with Crippen LogP contribution >= 0.6 is 0 Å². The highest BCUT2D eigenvalue weighted by molar-refractivity contribution is 7.89. The molecule has 2 N–H and O–H groups in total. The van der Waals surface area contributed by atoms with Gasteiger partial charge in [0.1, 0.15) is 17.5 Å². The van der Waals surface area contributed by atoms with Gasteiger partial charge in [-0.1, -0.05) is 0 Å². The fourth-order valence-corrected chi connectivity index (χ4v) is 3.02. The highest BCUT2D eigenvalue weighted by Gasteiger charge is 2.26. The summed E-state index contributed by atoms with van der Waals surface area (Å²) in [6.45, 7) is 1.28. The largest absolute Gasteiger partial charge is 0.378 e. The van der Waals surface area contributed by atoms with Crippen LogP contribution in [-0.2, 0) is 14.8 Å². The van der Waals surface area contributed by atoms with Gasteiger partial charge in [0, 0.05) is 31.3 Å². The number of hydrogen-bond donors (Lipinski definition) is 2. The molecule has 1 aromatic rings. The van der Waals surface area contributed by atoms with Crippen molar-refractivity contribution in [2.75, 3.05) is 26.3 Å². The summed E-state index contributed by atoms with van der Waals surface area (Å²) in [5.41, 5.74) is 0. The number of halogens is 3. The molecule has 0 aliphatic carbocycles. The molecule has 1 aliphatic heterocycles. The number of morpholine rings is 1. The van der Waals surface area contributed by atoms with Crippen molar-refractivity contribution >= 4 is 10.0 Å². The first-order valence-electron chi connectivity index (χ1n) is 5.85. The lowest BCUT2D eigenvalue weighted by atomic mass is 10.3. The Bertz CT molecular complexity index is 566. The molecule has 2 rings (SSSR count). The van der Waals surface area contributed by atoms with Crippen LogP contribution in [0, 0.1) is 17.5 Å². The van der Waals surface area contributed by atoms with E-state index in [4.69, 9.17) is 4.74 Å². The summed E-state index contributed by atoms with van der Waals surface area (Å²) in [6, 6.07) is 0.351. The van der Waals surface area contributed by atoms with Crippen LogP contribution in [0.1, 0.15) is 0 Å². The van der Waals surface area contributed by atoms with Gasteiger partial charge in [-0.2, -0.15) is 0 Å². The average Bonchev–Trinajstić information content (AvgIpc) is 2.36. The van der Waals surface area contributed by atoms with Crippen LogP contribution < -0.4 is 10.0 Å². The molecule has 9 heteroatoms. The van der Waals surface area contributed by atoms with Crippen LogP contribution in [0.15, 0.2) is 17.0 Å². The van der Waals surface area contributed by atoms with Gasteiger partial charge in [0.15, 0.2) is 4.90 Å². The Balaban J connectivity index is 2.14. The van der Waals surface area contributed by atoms with Gasteiger partial charge in [0.05, 0.1) is 13.2 Å². The third kappa shape index (κ3) is 3.48. The van der Waals surface area contributed by atoms with Gasteiger partial charge in [0.2, 0.25) is 10.0 Å². The van der Waals surface area contributed by atoms with E-state index in [1.807, 2.05) is 0 Å². The van der Waals surface area contributed by atoms with Crippen molar-refractivity contribution < 1.29 is 26.3 Å². The number of hydrogen-bond acceptors (Lipinski definition) is 4. The summed E-state index contributed by atoms with van der Waals surface area (Å²) >= 11 is 0. The van der Waals surface area contributed by atoms with Crippen molar-refractivity contribution in [3.63, 3.8) is 0 Å². The number of sulfonamides is 1. The van der Waals surface area contributed by atoms with Gasteiger partial charge in [-0.25, -0.2) is 26.3 Å². The van der Waals surface area contributed by atoms with Crippen molar-refractivity contribution in [3.05, 3.63) is 29.6 Å². The summed E-state index contributed by atoms with van der Waals surface area (Å²) in [5.74, 6) is -4.12. The fraction of sp³-hybridized carbons (Fsp3) is 0.455. The van der Waals surface area contributed by atoms with Crippen LogP contribution in [0.3, 0.4) is 0 Å². The summed E-state index contributed by atoms with van der Waals surface area (Å²) in [4.78, 5) is -1.18. The van der Waals surface area contributed by atoms with Crippen molar-refractivity contribution in [1.82, 2.24) is 10.0 Å². The lowest BCUT2D eigenvalue weighted by Gasteiger charge is -2.23. The summed E-state index contributed by atoms with van der Waals surface area (Å²) in [7, 11) is -4.40. The van der Waals surface area contributed by atoms with Crippen LogP contribution in [0.2, 0.25) is 0 Å². The number of ether oxygens (including phenoxy) is 1. The van der Waals surface area contributed by atoms with Gasteiger partial charge >= 0.3 is 0 Å². The van der Waals surface area contributed by atoms with Gasteiger partial charge in [0.25, 0.3) is 0 Å². The maximum absolute atomic E-state index is 13.4. The molecule has 0 amide bonds. The summed E-state index contributed by atoms with van der Waals surface area (Å²) in [6.07, 6.45) is 0. The predicted molar refractivity (Wildman–Crippen MR) is 64.1 cm³/mol. The summed E-state index contributed by atoms with van der Waals surface area (Å²) < 4.78 is 70.5. The Hall–Kier alpha value is -1.16. The molecule has 1 aromatic carbocycles. The second-order valence-corrected chi connectivity index (χ2v) is 5.98. The standard InChI is InChI=1S/C11H13F3N2O3S/c12-7-3-9(13)11(10(14)4-7)20(17,18)16-5-8-6-19-2-1-15-8/h3-4,8,15-16H,1-2,5-6H2. The van der Waals surface area contributed by atoms with E-state index in [1.54, 1.807) is 0 Å². The number of rotatable bonds is 4. The second-order valence-electron chi connectivity index (χ2n) is 4.28. The monoisotopic (exact) mass is 310 g/mol. The third-order valence-corrected chi connectivity index (χ3v) is 4.22. The lowest BCUT2D eigenvalue weighted by Crippen LogP contribution is -2.48. The highest BCUT2D eigenvalue weighted by Crippen LogP contribution is 2.19.